The fourth-order valence-corrected chi connectivity index (χ4v) is 3.48. The van der Waals surface area contributed by atoms with E-state index in [0.717, 1.165) is 0 Å². The van der Waals surface area contributed by atoms with Crippen molar-refractivity contribution in [1.82, 2.24) is 0 Å². The summed E-state index contributed by atoms with van der Waals surface area (Å²) in [5.74, 6) is 0. The molecule has 0 saturated heterocycles. The molecule has 0 spiro atoms. The highest BCUT2D eigenvalue weighted by Crippen LogP contribution is 2.26. The van der Waals surface area contributed by atoms with Crippen LogP contribution in [0, 0.1) is 30.6 Å². The Balaban J connectivity index is 2.25. The molecule has 10 nitrogen and oxygen atoms in total. The van der Waals surface area contributed by atoms with Gasteiger partial charge in [0.15, 0.2) is 0 Å². The fourth-order valence-electron chi connectivity index (χ4n) is 3.48. The van der Waals surface area contributed by atoms with Crippen LogP contribution in [0.4, 0.5) is 0 Å². The Labute approximate surface area is 126 Å². The van der Waals surface area contributed by atoms with E-state index in [9.17, 15) is 30.6 Å². The van der Waals surface area contributed by atoms with Crippen LogP contribution in [0.3, 0.4) is 0 Å². The summed E-state index contributed by atoms with van der Waals surface area (Å²) in [6, 6.07) is -4.23. The molecular formula is C12H20N4O6. The Morgan fingerprint density at radius 2 is 0.818 bits per heavy atom. The van der Waals surface area contributed by atoms with E-state index in [1.807, 2.05) is 0 Å². The Bertz CT molecular complexity index is 440. The minimum atomic E-state index is -1.08. The molecule has 0 amide bonds. The third-order valence-electron chi connectivity index (χ3n) is 4.69. The molecule has 0 aliphatic heterocycles. The first-order valence-electron chi connectivity index (χ1n) is 7.63. The van der Waals surface area contributed by atoms with Crippen LogP contribution in [0.5, 0.6) is 0 Å². The highest BCUT2D eigenvalue weighted by molar-refractivity contribution is 4.76. The van der Waals surface area contributed by atoms with Gasteiger partial charge < -0.3 is 10.4 Å². The maximum Gasteiger partial charge on any atom is 0.295 e. The van der Waals surface area contributed by atoms with Gasteiger partial charge in [0, 0.05) is 45.3 Å². The third kappa shape index (κ3) is 3.25. The Morgan fingerprint density at radius 3 is 1.09 bits per heavy atom. The summed E-state index contributed by atoms with van der Waals surface area (Å²) >= 11 is 0. The van der Waals surface area contributed by atoms with E-state index in [4.69, 9.17) is 0 Å². The van der Waals surface area contributed by atoms with Crippen LogP contribution in [0.2, 0.25) is 0 Å². The van der Waals surface area contributed by atoms with E-state index in [2.05, 4.69) is 0 Å². The highest BCUT2D eigenvalue weighted by atomic mass is 16.6. The first-order valence-corrected chi connectivity index (χ1v) is 7.63. The molecule has 0 radical (unpaired) electrons. The van der Waals surface area contributed by atoms with Gasteiger partial charge in [0.05, 0.1) is 0 Å². The first kappa shape index (κ1) is 16.4. The fraction of sp³-hybridized carbons (Fsp3) is 1.00. The number of nitrogens with zero attached hydrogens (tertiary/aromatic N) is 4. The SMILES string of the molecule is O=[N+]([O-])[C@H]1CCCC[C@H]1/[N+]([O-])=[N+](\[O-])[C@@H]1CCCC[C@@H]1[N+](=O)[O-]. The number of hydroxylamine groups is 2. The van der Waals surface area contributed by atoms with Crippen molar-refractivity contribution in [3.8, 4) is 0 Å². The lowest BCUT2D eigenvalue weighted by molar-refractivity contribution is -1.01. The zero-order chi connectivity index (χ0) is 16.3. The molecule has 4 atom stereocenters. The second kappa shape index (κ2) is 6.84. The average molecular weight is 316 g/mol. The normalized spacial score (nSPS) is 33.8. The predicted molar refractivity (Wildman–Crippen MR) is 73.3 cm³/mol. The largest absolute Gasteiger partial charge is 0.567 e. The minimum absolute atomic E-state index is 0.0963. The standard InChI is InChI=1S/C12H20N4O6/c17-13(9-5-1-3-7-11(9)15(19)20)14(18)10-6-2-4-8-12(10)16(21)22/h9-12H,1-8H2/b14-13+/t9-,10-,11+,12+/m1/s1. The molecule has 0 aromatic carbocycles. The van der Waals surface area contributed by atoms with Crippen LogP contribution in [0.1, 0.15) is 51.4 Å². The van der Waals surface area contributed by atoms with Crippen LogP contribution >= 0.6 is 0 Å². The monoisotopic (exact) mass is 316 g/mol. The molecule has 2 aliphatic carbocycles. The van der Waals surface area contributed by atoms with Crippen molar-refractivity contribution in [2.45, 2.75) is 75.5 Å². The average Bonchev–Trinajstić information content (AvgIpc) is 2.53. The maximum atomic E-state index is 12.3. The zero-order valence-corrected chi connectivity index (χ0v) is 12.2. The topological polar surface area (TPSA) is 138 Å². The van der Waals surface area contributed by atoms with Crippen molar-refractivity contribution in [2.75, 3.05) is 0 Å². The van der Waals surface area contributed by atoms with E-state index in [-0.39, 0.29) is 35.4 Å². The number of nitro groups is 2. The molecule has 0 bridgehead atoms. The molecule has 2 rings (SSSR count). The predicted octanol–water partition coefficient (Wildman–Crippen LogP) is 1.63. The molecule has 0 heterocycles. The molecule has 2 aliphatic rings. The third-order valence-corrected chi connectivity index (χ3v) is 4.69. The van der Waals surface area contributed by atoms with E-state index in [1.54, 1.807) is 0 Å². The Kier molecular flexibility index (Phi) is 5.09. The molecular weight excluding hydrogens is 296 g/mol. The summed E-state index contributed by atoms with van der Waals surface area (Å²) < 4.78 is 0. The minimum Gasteiger partial charge on any atom is -0.567 e. The smallest absolute Gasteiger partial charge is 0.295 e. The summed E-state index contributed by atoms with van der Waals surface area (Å²) in [7, 11) is 0. The van der Waals surface area contributed by atoms with Crippen LogP contribution < -0.4 is 0 Å². The van der Waals surface area contributed by atoms with Gasteiger partial charge in [-0.3, -0.25) is 20.2 Å². The van der Waals surface area contributed by atoms with Gasteiger partial charge in [-0.25, -0.2) is 0 Å². The van der Waals surface area contributed by atoms with Gasteiger partial charge in [-0.1, -0.05) is 0 Å². The van der Waals surface area contributed by atoms with Crippen molar-refractivity contribution in [3.05, 3.63) is 30.6 Å². The van der Waals surface area contributed by atoms with Crippen molar-refractivity contribution in [3.63, 3.8) is 0 Å². The summed E-state index contributed by atoms with van der Waals surface area (Å²) in [4.78, 5) is 21.3. The van der Waals surface area contributed by atoms with Crippen molar-refractivity contribution in [1.29, 1.82) is 0 Å². The number of hydrogen-bond acceptors (Lipinski definition) is 6. The Morgan fingerprint density at radius 1 is 0.545 bits per heavy atom. The number of azo groups is 1. The Hall–Kier alpha value is -2.00. The van der Waals surface area contributed by atoms with Gasteiger partial charge in [0.2, 0.25) is 0 Å². The quantitative estimate of drug-likeness (QED) is 0.334. The summed E-state index contributed by atoms with van der Waals surface area (Å²) in [6.45, 7) is 0. The molecule has 0 aromatic rings. The molecule has 0 N–H and O–H groups in total. The highest BCUT2D eigenvalue weighted by Gasteiger charge is 2.49. The van der Waals surface area contributed by atoms with Crippen molar-refractivity contribution in [2.24, 2.45) is 0 Å². The number of rotatable bonds is 4. The second-order valence-corrected chi connectivity index (χ2v) is 6.01. The first-order chi connectivity index (χ1) is 10.4. The van der Waals surface area contributed by atoms with Crippen LogP contribution in [-0.4, -0.2) is 43.7 Å². The second-order valence-electron chi connectivity index (χ2n) is 6.01. The van der Waals surface area contributed by atoms with Gasteiger partial charge in [-0.2, -0.15) is 0 Å². The van der Waals surface area contributed by atoms with E-state index >= 15 is 0 Å². The van der Waals surface area contributed by atoms with Crippen molar-refractivity contribution < 1.29 is 19.6 Å². The van der Waals surface area contributed by atoms with Crippen molar-refractivity contribution >= 4 is 0 Å². The lowest BCUT2D eigenvalue weighted by Crippen LogP contribution is -2.50. The molecule has 2 saturated carbocycles. The van der Waals surface area contributed by atoms with Gasteiger partial charge in [0.1, 0.15) is 0 Å². The molecule has 0 aromatic heterocycles. The lowest BCUT2D eigenvalue weighted by Gasteiger charge is -2.25. The summed E-state index contributed by atoms with van der Waals surface area (Å²) in [6.07, 6.45) is 3.63. The molecule has 2 fully saturated rings. The van der Waals surface area contributed by atoms with Gasteiger partial charge in [-0.15, -0.1) is 0 Å². The molecule has 0 unspecified atom stereocenters. The lowest BCUT2D eigenvalue weighted by atomic mass is 9.90. The molecule has 22 heavy (non-hydrogen) atoms. The molecule has 124 valence electrons. The van der Waals surface area contributed by atoms with Gasteiger partial charge in [0.25, 0.3) is 24.2 Å². The van der Waals surface area contributed by atoms with Crippen LogP contribution in [0.15, 0.2) is 0 Å². The zero-order valence-electron chi connectivity index (χ0n) is 12.2. The van der Waals surface area contributed by atoms with Gasteiger partial charge in [-0.05, 0) is 25.7 Å². The van der Waals surface area contributed by atoms with E-state index in [1.165, 1.54) is 0 Å². The van der Waals surface area contributed by atoms with Crippen LogP contribution in [-0.2, 0) is 0 Å². The van der Waals surface area contributed by atoms with E-state index in [0.29, 0.717) is 25.7 Å². The maximum absolute atomic E-state index is 12.3. The van der Waals surface area contributed by atoms with Crippen LogP contribution in [0.25, 0.3) is 0 Å². The van der Waals surface area contributed by atoms with Gasteiger partial charge >= 0.3 is 0 Å². The van der Waals surface area contributed by atoms with E-state index < -0.39 is 34.0 Å². The summed E-state index contributed by atoms with van der Waals surface area (Å²) in [5, 5.41) is 46.7. The number of hydrogen-bond donors (Lipinski definition) is 0. The molecule has 10 heteroatoms. The summed E-state index contributed by atoms with van der Waals surface area (Å²) in [5.41, 5.74) is 0.